The molecule has 0 aliphatic heterocycles. The van der Waals surface area contributed by atoms with Crippen LogP contribution >= 0.6 is 33.9 Å². The third-order valence-corrected chi connectivity index (χ3v) is 17.6. The van der Waals surface area contributed by atoms with Crippen LogP contribution < -0.4 is 49.9 Å². The first-order chi connectivity index (χ1) is 53.0. The number of nitrogens with two attached hydrogens (primary N) is 1. The Hall–Kier alpha value is -11.6. The quantitative estimate of drug-likeness (QED) is 0.0424. The minimum Gasteiger partial charge on any atom is -0.505 e. The van der Waals surface area contributed by atoms with Crippen LogP contribution in [0.2, 0.25) is 10.0 Å². The first kappa shape index (κ1) is 89.3. The second-order valence-electron chi connectivity index (χ2n) is 27.5. The third kappa shape index (κ3) is 28.1. The number of carbonyl (C=O) groups excluding carboxylic acids is 3. The van der Waals surface area contributed by atoms with E-state index in [1.807, 2.05) is 276 Å². The van der Waals surface area contributed by atoms with Gasteiger partial charge in [0.15, 0.2) is 5.75 Å². The van der Waals surface area contributed by atoms with E-state index in [4.69, 9.17) is 77.5 Å². The fourth-order valence-corrected chi connectivity index (χ4v) is 12.0. The highest BCUT2D eigenvalue weighted by Crippen LogP contribution is 2.39. The molecular formula is C89H98Cl3N5O14S. The summed E-state index contributed by atoms with van der Waals surface area (Å²) >= 11 is 11.0. The summed E-state index contributed by atoms with van der Waals surface area (Å²) in [5, 5.41) is 15.0. The van der Waals surface area contributed by atoms with Crippen LogP contribution in [0.1, 0.15) is 62.3 Å². The van der Waals surface area contributed by atoms with Gasteiger partial charge in [0.1, 0.15) is 50.4 Å². The van der Waals surface area contributed by atoms with Crippen molar-refractivity contribution < 1.29 is 65.8 Å². The number of methoxy groups -OCH3 is 5. The predicted molar refractivity (Wildman–Crippen MR) is 456 cm³/mol. The lowest BCUT2D eigenvalue weighted by atomic mass is 10.0. The molecule has 0 radical (unpaired) electrons. The fourth-order valence-electron chi connectivity index (χ4n) is 10.4. The van der Waals surface area contributed by atoms with Crippen molar-refractivity contribution in [3.05, 3.63) is 265 Å². The van der Waals surface area contributed by atoms with Crippen LogP contribution in [0.3, 0.4) is 0 Å². The number of nitrogens with one attached hydrogen (secondary N) is 2. The van der Waals surface area contributed by atoms with E-state index in [-0.39, 0.29) is 10.0 Å². The van der Waals surface area contributed by atoms with Gasteiger partial charge < -0.3 is 54.1 Å². The normalized spacial score (nSPS) is 10.8. The van der Waals surface area contributed by atoms with Crippen LogP contribution in [-0.4, -0.2) is 105 Å². The molecule has 0 heterocycles. The Kier molecular flexibility index (Phi) is 33.5. The van der Waals surface area contributed by atoms with Gasteiger partial charge in [-0.05, 0) is 191 Å². The summed E-state index contributed by atoms with van der Waals surface area (Å²) in [4.78, 5) is 39.0. The van der Waals surface area contributed by atoms with Gasteiger partial charge in [-0.2, -0.15) is 0 Å². The molecule has 0 atom stereocenters. The van der Waals surface area contributed by atoms with Crippen molar-refractivity contribution in [2.45, 2.75) is 84.0 Å². The molecule has 11 rings (SSSR count). The molecule has 0 fully saturated rings. The van der Waals surface area contributed by atoms with Crippen molar-refractivity contribution >= 4 is 89.7 Å². The molecule has 590 valence electrons. The number of amides is 3. The zero-order valence-corrected chi connectivity index (χ0v) is 69.1. The Bertz CT molecular complexity index is 4850. The average molecular weight is 1600 g/mol. The van der Waals surface area contributed by atoms with Crippen molar-refractivity contribution in [3.63, 3.8) is 0 Å². The summed E-state index contributed by atoms with van der Waals surface area (Å²) in [5.41, 5.74) is 18.7. The molecule has 11 aromatic rings. The number of halogens is 3. The molecule has 0 bridgehead atoms. The highest BCUT2D eigenvalue weighted by molar-refractivity contribution is 8.13. The summed E-state index contributed by atoms with van der Waals surface area (Å²) in [6, 6.07) is 81.7. The number of nitrogens with zero attached hydrogens (tertiary/aromatic N) is 2. The van der Waals surface area contributed by atoms with E-state index in [1.54, 1.807) is 49.6 Å². The van der Waals surface area contributed by atoms with E-state index >= 15 is 0 Å². The number of ether oxygens (including phenoxy) is 8. The zero-order chi connectivity index (χ0) is 82.5. The molecule has 19 nitrogen and oxygen atoms in total. The second-order valence-corrected chi connectivity index (χ2v) is 30.9. The van der Waals surface area contributed by atoms with Crippen molar-refractivity contribution in [2.24, 2.45) is 0 Å². The van der Waals surface area contributed by atoms with E-state index in [9.17, 15) is 27.9 Å². The van der Waals surface area contributed by atoms with Crippen molar-refractivity contribution in [2.75, 3.05) is 82.9 Å². The maximum atomic E-state index is 12.3. The average Bonchev–Trinajstić information content (AvgIpc) is 0.835. The van der Waals surface area contributed by atoms with Gasteiger partial charge in [0.05, 0.1) is 69.0 Å². The number of phenols is 1. The van der Waals surface area contributed by atoms with Gasteiger partial charge in [-0.15, -0.1) is 0 Å². The Morgan fingerprint density at radius 2 is 0.688 bits per heavy atom. The minimum atomic E-state index is -4.03. The number of nitrogen functional groups attached to an aromatic ring is 1. The van der Waals surface area contributed by atoms with Crippen LogP contribution in [-0.2, 0) is 23.3 Å². The Labute approximate surface area is 673 Å². The highest BCUT2D eigenvalue weighted by atomic mass is 35.7. The largest absolute Gasteiger partial charge is 0.505 e. The van der Waals surface area contributed by atoms with Crippen molar-refractivity contribution in [1.29, 1.82) is 0 Å². The second kappa shape index (κ2) is 42.0. The Morgan fingerprint density at radius 1 is 0.393 bits per heavy atom. The molecular weight excluding hydrogens is 1500 g/mol. The van der Waals surface area contributed by atoms with Crippen LogP contribution in [0, 0.1) is 0 Å². The SMILES string of the molecule is CNc1cc(-c2ccccc2)ccc1OC.COc1ccc(-c2ccccc2)cc1N.COc1ccc(-c2ccccc2)cc1N(C)C(=O)OC(C)(C)C.COc1ccc(-c2ccccc2)cc1N(C)C(=O)OC(C)(C)C.COc1ccc(-c2ccccc2)cc1NC(=O)OC(C)(C)C.O=S(=O)(Cl)c1cc(Cl)cc(Cl)c1O. The first-order valence-corrected chi connectivity index (χ1v) is 38.2. The maximum absolute atomic E-state index is 12.3. The fraction of sp³-hybridized carbons (Fsp3) is 0.225. The van der Waals surface area contributed by atoms with E-state index in [2.05, 4.69) is 47.0 Å². The molecule has 0 aliphatic rings. The zero-order valence-electron chi connectivity index (χ0n) is 66.0. The summed E-state index contributed by atoms with van der Waals surface area (Å²) < 4.78 is 64.3. The number of phenolic OH excluding ortho intramolecular Hbond substituents is 1. The number of hydrogen-bond donors (Lipinski definition) is 4. The molecule has 0 unspecified atom stereocenters. The van der Waals surface area contributed by atoms with Crippen molar-refractivity contribution in [3.8, 4) is 90.1 Å². The monoisotopic (exact) mass is 1600 g/mol. The first-order valence-electron chi connectivity index (χ1n) is 35.2. The summed E-state index contributed by atoms with van der Waals surface area (Å²) in [7, 11) is 14.3. The summed E-state index contributed by atoms with van der Waals surface area (Å²) in [5.74, 6) is 2.82. The predicted octanol–water partition coefficient (Wildman–Crippen LogP) is 23.2. The molecule has 23 heteroatoms. The van der Waals surface area contributed by atoms with E-state index in [1.165, 1.54) is 27.0 Å². The molecule has 112 heavy (non-hydrogen) atoms. The number of anilines is 5. The lowest BCUT2D eigenvalue weighted by Gasteiger charge is -2.26. The number of benzene rings is 11. The maximum Gasteiger partial charge on any atom is 0.414 e. The molecule has 0 aromatic heterocycles. The molecule has 0 saturated heterocycles. The number of hydrogen-bond acceptors (Lipinski definition) is 16. The lowest BCUT2D eigenvalue weighted by Crippen LogP contribution is -2.34. The summed E-state index contributed by atoms with van der Waals surface area (Å²) in [6.45, 7) is 16.5. The van der Waals surface area contributed by atoms with Gasteiger partial charge in [0, 0.05) is 36.8 Å². The number of carbonyl (C=O) groups is 3. The van der Waals surface area contributed by atoms with Gasteiger partial charge in [-0.25, -0.2) is 22.8 Å². The topological polar surface area (TPSA) is 236 Å². The van der Waals surface area contributed by atoms with Gasteiger partial charge in [-0.3, -0.25) is 15.1 Å². The van der Waals surface area contributed by atoms with Crippen LogP contribution in [0.15, 0.2) is 260 Å². The van der Waals surface area contributed by atoms with E-state index < -0.39 is 54.8 Å². The molecule has 0 aliphatic carbocycles. The smallest absolute Gasteiger partial charge is 0.414 e. The highest BCUT2D eigenvalue weighted by Gasteiger charge is 2.26. The van der Waals surface area contributed by atoms with Crippen LogP contribution in [0.4, 0.5) is 42.8 Å². The number of aromatic hydroxyl groups is 1. The van der Waals surface area contributed by atoms with Crippen LogP contribution in [0.5, 0.6) is 34.5 Å². The van der Waals surface area contributed by atoms with Gasteiger partial charge in [0.25, 0.3) is 9.05 Å². The van der Waals surface area contributed by atoms with E-state index in [0.29, 0.717) is 40.0 Å². The molecule has 0 saturated carbocycles. The molecule has 3 amide bonds. The summed E-state index contributed by atoms with van der Waals surface area (Å²) in [6.07, 6.45) is -1.34. The minimum absolute atomic E-state index is 0.0852. The van der Waals surface area contributed by atoms with E-state index in [0.717, 1.165) is 67.8 Å². The Morgan fingerprint density at radius 3 is 0.991 bits per heavy atom. The molecule has 5 N–H and O–H groups in total. The van der Waals surface area contributed by atoms with Crippen molar-refractivity contribution in [1.82, 2.24) is 0 Å². The number of rotatable bonds is 15. The van der Waals surface area contributed by atoms with Gasteiger partial charge >= 0.3 is 18.3 Å². The standard InChI is InChI=1S/2C19H23NO3.C18H21NO3.C14H15NO.C13H13NO.C6H3Cl3O3S/c2*1-19(2,3)23-18(21)20(4)16-13-15(11-12-17(16)22-5)14-9-7-6-8-10-14;1-18(2,3)22-17(20)19-15-12-14(10-11-16(15)21-4)13-8-6-5-7-9-13;1-15-13-10-12(8-9-14(13)16-2)11-6-4-3-5-7-11;1-15-13-8-7-11(9-12(13)14)10-5-3-2-4-6-10;7-3-1-4(8)6(10)5(2-3)13(9,11)12/h2*6-13H,1-5H3;5-12H,1-4H3,(H,19,20);3-10,15H,1-2H3;2-9H,14H2,1H3;1-2,10H. The third-order valence-electron chi connectivity index (χ3n) is 15.7. The molecule has 11 aromatic carbocycles. The molecule has 0 spiro atoms. The van der Waals surface area contributed by atoms with Crippen LogP contribution in [0.25, 0.3) is 55.6 Å². The lowest BCUT2D eigenvalue weighted by molar-refractivity contribution is 0.0578. The Balaban J connectivity index is 0.000000212. The van der Waals surface area contributed by atoms with Gasteiger partial charge in [0.2, 0.25) is 0 Å². The van der Waals surface area contributed by atoms with Gasteiger partial charge in [-0.1, -0.05) is 205 Å².